The fraction of sp³-hybridized carbons (Fsp3) is 0.727. The number of hydrogen-bond acceptors (Lipinski definition) is 1. The van der Waals surface area contributed by atoms with Crippen LogP contribution in [-0.2, 0) is 0 Å². The molecule has 0 radical (unpaired) electrons. The van der Waals surface area contributed by atoms with E-state index in [1.807, 2.05) is 6.07 Å². The van der Waals surface area contributed by atoms with E-state index >= 15 is 0 Å². The fourth-order valence-electron chi connectivity index (χ4n) is 3.42. The SMILES string of the molecule is CCCCC(CC)CN(CC(CC)CCCC)c1cccc(Cl)c1. The average Bonchev–Trinajstić information content (AvgIpc) is 2.60. The van der Waals surface area contributed by atoms with Gasteiger partial charge in [-0.25, -0.2) is 0 Å². The molecule has 1 rings (SSSR count). The molecule has 24 heavy (non-hydrogen) atoms. The number of benzene rings is 1. The predicted octanol–water partition coefficient (Wildman–Crippen LogP) is 7.58. The van der Waals surface area contributed by atoms with Crippen molar-refractivity contribution in [2.45, 2.75) is 79.1 Å². The minimum atomic E-state index is 0.785. The van der Waals surface area contributed by atoms with Crippen LogP contribution in [0.4, 0.5) is 5.69 Å². The number of halogens is 1. The molecule has 0 saturated carbocycles. The van der Waals surface area contributed by atoms with E-state index in [1.165, 1.54) is 70.1 Å². The van der Waals surface area contributed by atoms with Crippen LogP contribution in [0.5, 0.6) is 0 Å². The Morgan fingerprint density at radius 2 is 1.42 bits per heavy atom. The lowest BCUT2D eigenvalue weighted by Crippen LogP contribution is -2.34. The Morgan fingerprint density at radius 3 is 1.83 bits per heavy atom. The quantitative estimate of drug-likeness (QED) is 0.354. The molecule has 0 N–H and O–H groups in total. The smallest absolute Gasteiger partial charge is 0.0426 e. The van der Waals surface area contributed by atoms with Crippen LogP contribution in [0.25, 0.3) is 0 Å². The normalized spacial score (nSPS) is 13.7. The Bertz CT molecular complexity index is 414. The van der Waals surface area contributed by atoms with Gasteiger partial charge < -0.3 is 4.90 Å². The monoisotopic (exact) mass is 351 g/mol. The molecule has 0 aliphatic heterocycles. The summed E-state index contributed by atoms with van der Waals surface area (Å²) in [6.07, 6.45) is 10.5. The molecule has 0 aromatic heterocycles. The van der Waals surface area contributed by atoms with Crippen molar-refractivity contribution in [3.05, 3.63) is 29.3 Å². The van der Waals surface area contributed by atoms with E-state index in [9.17, 15) is 0 Å². The van der Waals surface area contributed by atoms with Gasteiger partial charge >= 0.3 is 0 Å². The minimum Gasteiger partial charge on any atom is -0.371 e. The first-order chi connectivity index (χ1) is 11.6. The highest BCUT2D eigenvalue weighted by atomic mass is 35.5. The topological polar surface area (TPSA) is 3.24 Å². The van der Waals surface area contributed by atoms with Gasteiger partial charge in [-0.2, -0.15) is 0 Å². The van der Waals surface area contributed by atoms with Gasteiger partial charge in [0.25, 0.3) is 0 Å². The lowest BCUT2D eigenvalue weighted by molar-refractivity contribution is 0.403. The summed E-state index contributed by atoms with van der Waals surface area (Å²) < 4.78 is 0. The van der Waals surface area contributed by atoms with Crippen LogP contribution in [-0.4, -0.2) is 13.1 Å². The van der Waals surface area contributed by atoms with Crippen molar-refractivity contribution < 1.29 is 0 Å². The van der Waals surface area contributed by atoms with Crippen molar-refractivity contribution in [3.63, 3.8) is 0 Å². The summed E-state index contributed by atoms with van der Waals surface area (Å²) in [5.41, 5.74) is 1.30. The number of anilines is 1. The van der Waals surface area contributed by atoms with Crippen molar-refractivity contribution in [1.82, 2.24) is 0 Å². The summed E-state index contributed by atoms with van der Waals surface area (Å²) in [5, 5.41) is 0.848. The van der Waals surface area contributed by atoms with Gasteiger partial charge in [-0.15, -0.1) is 0 Å². The van der Waals surface area contributed by atoms with Crippen LogP contribution < -0.4 is 4.90 Å². The maximum Gasteiger partial charge on any atom is 0.0426 e. The van der Waals surface area contributed by atoms with Crippen molar-refractivity contribution >= 4 is 17.3 Å². The Balaban J connectivity index is 2.85. The molecule has 1 aromatic rings. The standard InChI is InChI=1S/C22H38ClN/c1-5-9-12-19(7-3)17-24(18-20(8-4)13-10-6-2)22-15-11-14-21(23)16-22/h11,14-16,19-20H,5-10,12-13,17-18H2,1-4H3. The summed E-state index contributed by atoms with van der Waals surface area (Å²) in [4.78, 5) is 2.61. The summed E-state index contributed by atoms with van der Waals surface area (Å²) in [5.74, 6) is 1.57. The Kier molecular flexibility index (Phi) is 11.2. The first-order valence-electron chi connectivity index (χ1n) is 10.1. The second kappa shape index (κ2) is 12.6. The summed E-state index contributed by atoms with van der Waals surface area (Å²) in [7, 11) is 0. The zero-order valence-electron chi connectivity index (χ0n) is 16.4. The van der Waals surface area contributed by atoms with Gasteiger partial charge in [0.1, 0.15) is 0 Å². The third kappa shape index (κ3) is 7.92. The van der Waals surface area contributed by atoms with Crippen LogP contribution in [0.3, 0.4) is 0 Å². The molecule has 0 amide bonds. The van der Waals surface area contributed by atoms with Crippen LogP contribution in [0.15, 0.2) is 24.3 Å². The van der Waals surface area contributed by atoms with E-state index in [1.54, 1.807) is 0 Å². The molecule has 1 nitrogen and oxygen atoms in total. The highest BCUT2D eigenvalue weighted by Crippen LogP contribution is 2.26. The summed E-state index contributed by atoms with van der Waals surface area (Å²) in [6.45, 7) is 11.6. The van der Waals surface area contributed by atoms with E-state index in [-0.39, 0.29) is 0 Å². The molecule has 2 atom stereocenters. The molecule has 0 aliphatic carbocycles. The van der Waals surface area contributed by atoms with Crippen molar-refractivity contribution in [1.29, 1.82) is 0 Å². The molecule has 0 fully saturated rings. The van der Waals surface area contributed by atoms with Gasteiger partial charge in [0.15, 0.2) is 0 Å². The van der Waals surface area contributed by atoms with Crippen molar-refractivity contribution in [2.24, 2.45) is 11.8 Å². The maximum absolute atomic E-state index is 6.27. The molecular formula is C22H38ClN. The van der Waals surface area contributed by atoms with E-state index in [4.69, 9.17) is 11.6 Å². The molecule has 0 aliphatic rings. The molecule has 0 saturated heterocycles. The Labute approximate surface area is 155 Å². The van der Waals surface area contributed by atoms with Gasteiger partial charge in [0, 0.05) is 23.8 Å². The average molecular weight is 352 g/mol. The first kappa shape index (κ1) is 21.4. The second-order valence-corrected chi connectivity index (χ2v) is 7.65. The molecular weight excluding hydrogens is 314 g/mol. The molecule has 2 unspecified atom stereocenters. The number of unbranched alkanes of at least 4 members (excludes halogenated alkanes) is 2. The van der Waals surface area contributed by atoms with Crippen LogP contribution >= 0.6 is 11.6 Å². The molecule has 2 heteroatoms. The molecule has 138 valence electrons. The highest BCUT2D eigenvalue weighted by molar-refractivity contribution is 6.30. The zero-order chi connectivity index (χ0) is 17.8. The Morgan fingerprint density at radius 1 is 0.875 bits per heavy atom. The van der Waals surface area contributed by atoms with Gasteiger partial charge in [0.05, 0.1) is 0 Å². The molecule has 0 heterocycles. The third-order valence-corrected chi connectivity index (χ3v) is 5.45. The van der Waals surface area contributed by atoms with Crippen LogP contribution in [0.2, 0.25) is 5.02 Å². The summed E-state index contributed by atoms with van der Waals surface area (Å²) in [6, 6.07) is 8.43. The molecule has 0 bridgehead atoms. The summed E-state index contributed by atoms with van der Waals surface area (Å²) >= 11 is 6.27. The molecule has 1 aromatic carbocycles. The fourth-order valence-corrected chi connectivity index (χ4v) is 3.60. The lowest BCUT2D eigenvalue weighted by atomic mass is 9.95. The van der Waals surface area contributed by atoms with Crippen LogP contribution in [0.1, 0.15) is 79.1 Å². The number of hydrogen-bond donors (Lipinski definition) is 0. The van der Waals surface area contributed by atoms with Crippen molar-refractivity contribution in [2.75, 3.05) is 18.0 Å². The minimum absolute atomic E-state index is 0.785. The largest absolute Gasteiger partial charge is 0.371 e. The van der Waals surface area contributed by atoms with Gasteiger partial charge in [-0.3, -0.25) is 0 Å². The highest BCUT2D eigenvalue weighted by Gasteiger charge is 2.17. The van der Waals surface area contributed by atoms with Crippen LogP contribution in [0, 0.1) is 11.8 Å². The second-order valence-electron chi connectivity index (χ2n) is 7.22. The third-order valence-electron chi connectivity index (χ3n) is 5.22. The van der Waals surface area contributed by atoms with E-state index in [2.05, 4.69) is 50.8 Å². The lowest BCUT2D eigenvalue weighted by Gasteiger charge is -2.32. The number of rotatable bonds is 13. The molecule has 0 spiro atoms. The maximum atomic E-state index is 6.27. The number of nitrogens with zero attached hydrogens (tertiary/aromatic N) is 1. The Hall–Kier alpha value is -0.690. The van der Waals surface area contributed by atoms with Crippen molar-refractivity contribution in [3.8, 4) is 0 Å². The van der Waals surface area contributed by atoms with E-state index < -0.39 is 0 Å². The zero-order valence-corrected chi connectivity index (χ0v) is 17.1. The predicted molar refractivity (Wildman–Crippen MR) is 110 cm³/mol. The van der Waals surface area contributed by atoms with E-state index in [0.29, 0.717) is 0 Å². The van der Waals surface area contributed by atoms with E-state index in [0.717, 1.165) is 16.9 Å². The van der Waals surface area contributed by atoms with Gasteiger partial charge in [-0.05, 0) is 42.9 Å². The van der Waals surface area contributed by atoms with Gasteiger partial charge in [-0.1, -0.05) is 83.9 Å². The van der Waals surface area contributed by atoms with Gasteiger partial charge in [0.2, 0.25) is 0 Å². The first-order valence-corrected chi connectivity index (χ1v) is 10.5.